The average molecular weight is 323 g/mol. The van der Waals surface area contributed by atoms with Crippen LogP contribution in [0.2, 0.25) is 0 Å². The molecule has 0 bridgehead atoms. The number of fused-ring (bicyclic) bond motifs is 1. The summed E-state index contributed by atoms with van der Waals surface area (Å²) in [7, 11) is 0. The molecule has 0 radical (unpaired) electrons. The SMILES string of the molecule is Cc1ccc(NC(N)=NCCn2c(=O)[nH]c3ccccc32)cc1C. The lowest BCUT2D eigenvalue weighted by molar-refractivity contribution is 0.703. The van der Waals surface area contributed by atoms with E-state index in [2.05, 4.69) is 29.1 Å². The lowest BCUT2D eigenvalue weighted by Gasteiger charge is -2.08. The summed E-state index contributed by atoms with van der Waals surface area (Å²) in [5.41, 5.74) is 10.8. The Kier molecular flexibility index (Phi) is 4.37. The number of hydrogen-bond acceptors (Lipinski definition) is 2. The highest BCUT2D eigenvalue weighted by Gasteiger charge is 2.05. The number of nitrogens with zero attached hydrogens (tertiary/aromatic N) is 2. The normalized spacial score (nSPS) is 11.8. The third-order valence-corrected chi connectivity index (χ3v) is 4.07. The molecule has 3 rings (SSSR count). The Hall–Kier alpha value is -3.02. The number of hydrogen-bond donors (Lipinski definition) is 3. The maximum Gasteiger partial charge on any atom is 0.326 e. The molecule has 0 amide bonds. The number of benzene rings is 2. The van der Waals surface area contributed by atoms with E-state index in [1.54, 1.807) is 4.57 Å². The first kappa shape index (κ1) is 15.9. The monoisotopic (exact) mass is 323 g/mol. The van der Waals surface area contributed by atoms with Crippen molar-refractivity contribution in [3.05, 3.63) is 64.1 Å². The number of imidazole rings is 1. The Morgan fingerprint density at radius 2 is 2.00 bits per heavy atom. The van der Waals surface area contributed by atoms with Crippen LogP contribution in [0.5, 0.6) is 0 Å². The predicted octanol–water partition coefficient (Wildman–Crippen LogP) is 2.37. The second-order valence-electron chi connectivity index (χ2n) is 5.79. The Bertz CT molecular complexity index is 951. The molecule has 0 spiro atoms. The van der Waals surface area contributed by atoms with Gasteiger partial charge in [-0.3, -0.25) is 9.56 Å². The molecule has 0 unspecified atom stereocenters. The Labute approximate surface area is 140 Å². The van der Waals surface area contributed by atoms with Crippen molar-refractivity contribution in [1.82, 2.24) is 9.55 Å². The van der Waals surface area contributed by atoms with Crippen LogP contribution in [0, 0.1) is 13.8 Å². The van der Waals surface area contributed by atoms with Gasteiger partial charge in [0.05, 0.1) is 17.6 Å². The topological polar surface area (TPSA) is 88.2 Å². The van der Waals surface area contributed by atoms with E-state index in [9.17, 15) is 4.79 Å². The lowest BCUT2D eigenvalue weighted by atomic mass is 10.1. The summed E-state index contributed by atoms with van der Waals surface area (Å²) in [6.45, 7) is 5.01. The largest absolute Gasteiger partial charge is 0.370 e. The molecule has 0 aliphatic heterocycles. The quantitative estimate of drug-likeness (QED) is 0.509. The zero-order chi connectivity index (χ0) is 17.1. The third kappa shape index (κ3) is 3.32. The number of nitrogens with two attached hydrogens (primary N) is 1. The first-order chi connectivity index (χ1) is 11.5. The van der Waals surface area contributed by atoms with E-state index in [4.69, 9.17) is 5.73 Å². The number of aryl methyl sites for hydroxylation is 2. The molecule has 2 aromatic carbocycles. The van der Waals surface area contributed by atoms with Crippen LogP contribution in [0.1, 0.15) is 11.1 Å². The van der Waals surface area contributed by atoms with Crippen LogP contribution in [0.3, 0.4) is 0 Å². The van der Waals surface area contributed by atoms with Crippen molar-refractivity contribution in [1.29, 1.82) is 0 Å². The van der Waals surface area contributed by atoms with Gasteiger partial charge < -0.3 is 16.0 Å². The summed E-state index contributed by atoms with van der Waals surface area (Å²) in [4.78, 5) is 19.1. The molecule has 1 aromatic heterocycles. The van der Waals surface area contributed by atoms with E-state index in [-0.39, 0.29) is 5.69 Å². The first-order valence-corrected chi connectivity index (χ1v) is 7.86. The van der Waals surface area contributed by atoms with Gasteiger partial charge in [-0.2, -0.15) is 0 Å². The van der Waals surface area contributed by atoms with Crippen molar-refractivity contribution in [2.75, 3.05) is 11.9 Å². The van der Waals surface area contributed by atoms with Crippen LogP contribution >= 0.6 is 0 Å². The number of H-pyrrole nitrogens is 1. The van der Waals surface area contributed by atoms with Crippen molar-refractivity contribution in [2.24, 2.45) is 10.7 Å². The van der Waals surface area contributed by atoms with Gasteiger partial charge in [-0.25, -0.2) is 4.79 Å². The van der Waals surface area contributed by atoms with E-state index in [1.807, 2.05) is 42.5 Å². The highest BCUT2D eigenvalue weighted by Crippen LogP contribution is 2.13. The summed E-state index contributed by atoms with van der Waals surface area (Å²) >= 11 is 0. The number of guanidine groups is 1. The molecule has 1 heterocycles. The van der Waals surface area contributed by atoms with Gasteiger partial charge in [0, 0.05) is 12.2 Å². The van der Waals surface area contributed by atoms with Crippen molar-refractivity contribution < 1.29 is 0 Å². The molecule has 0 aliphatic rings. The van der Waals surface area contributed by atoms with Gasteiger partial charge in [-0.1, -0.05) is 18.2 Å². The summed E-state index contributed by atoms with van der Waals surface area (Å²) in [5.74, 6) is 0.339. The number of rotatable bonds is 4. The second-order valence-corrected chi connectivity index (χ2v) is 5.79. The van der Waals surface area contributed by atoms with E-state index < -0.39 is 0 Å². The fraction of sp³-hybridized carbons (Fsp3) is 0.222. The van der Waals surface area contributed by atoms with Gasteiger partial charge in [0.2, 0.25) is 0 Å². The van der Waals surface area contributed by atoms with Crippen LogP contribution < -0.4 is 16.7 Å². The highest BCUT2D eigenvalue weighted by atomic mass is 16.1. The second kappa shape index (κ2) is 6.62. The van der Waals surface area contributed by atoms with Crippen LogP contribution in [0.4, 0.5) is 5.69 Å². The zero-order valence-electron chi connectivity index (χ0n) is 13.8. The molecule has 4 N–H and O–H groups in total. The van der Waals surface area contributed by atoms with Gasteiger partial charge in [0.15, 0.2) is 5.96 Å². The molecule has 6 heteroatoms. The number of nitrogens with one attached hydrogen (secondary N) is 2. The average Bonchev–Trinajstić information content (AvgIpc) is 2.87. The van der Waals surface area contributed by atoms with Crippen LogP contribution in [-0.2, 0) is 6.54 Å². The van der Waals surface area contributed by atoms with E-state index >= 15 is 0 Å². The number of aromatic amines is 1. The summed E-state index contributed by atoms with van der Waals surface area (Å²) in [6, 6.07) is 13.6. The molecular weight excluding hydrogens is 302 g/mol. The summed E-state index contributed by atoms with van der Waals surface area (Å²) < 4.78 is 1.67. The van der Waals surface area contributed by atoms with Gasteiger partial charge in [0.25, 0.3) is 0 Å². The fourth-order valence-electron chi connectivity index (χ4n) is 2.61. The molecule has 0 saturated carbocycles. The van der Waals surface area contributed by atoms with Crippen molar-refractivity contribution >= 4 is 22.7 Å². The molecule has 0 aliphatic carbocycles. The molecule has 124 valence electrons. The van der Waals surface area contributed by atoms with Crippen LogP contribution in [0.15, 0.2) is 52.3 Å². The fourth-order valence-corrected chi connectivity index (χ4v) is 2.61. The molecule has 0 atom stereocenters. The summed E-state index contributed by atoms with van der Waals surface area (Å²) in [6.07, 6.45) is 0. The van der Waals surface area contributed by atoms with Crippen molar-refractivity contribution in [3.8, 4) is 0 Å². The Morgan fingerprint density at radius 3 is 2.79 bits per heavy atom. The molecule has 3 aromatic rings. The van der Waals surface area contributed by atoms with Gasteiger partial charge in [-0.05, 0) is 49.2 Å². The van der Waals surface area contributed by atoms with Gasteiger partial charge in [-0.15, -0.1) is 0 Å². The minimum absolute atomic E-state index is 0.132. The maximum atomic E-state index is 12.0. The minimum Gasteiger partial charge on any atom is -0.370 e. The third-order valence-electron chi connectivity index (χ3n) is 4.07. The zero-order valence-corrected chi connectivity index (χ0v) is 13.8. The maximum absolute atomic E-state index is 12.0. The van der Waals surface area contributed by atoms with Crippen molar-refractivity contribution in [2.45, 2.75) is 20.4 Å². The molecule has 0 fully saturated rings. The number of anilines is 1. The number of aromatic nitrogens is 2. The standard InChI is InChI=1S/C18H21N5O/c1-12-7-8-14(11-13(12)2)21-17(19)20-9-10-23-16-6-4-3-5-15(16)22-18(23)24/h3-8,11H,9-10H2,1-2H3,(H,22,24)(H3,19,20,21). The number of aliphatic imine (C=N–C) groups is 1. The summed E-state index contributed by atoms with van der Waals surface area (Å²) in [5, 5.41) is 3.07. The molecular formula is C18H21N5O. The molecule has 24 heavy (non-hydrogen) atoms. The Balaban J connectivity index is 1.67. The number of para-hydroxylation sites is 2. The van der Waals surface area contributed by atoms with E-state index in [1.165, 1.54) is 11.1 Å². The van der Waals surface area contributed by atoms with E-state index in [0.29, 0.717) is 19.0 Å². The minimum atomic E-state index is -0.132. The highest BCUT2D eigenvalue weighted by molar-refractivity contribution is 5.92. The Morgan fingerprint density at radius 1 is 1.21 bits per heavy atom. The molecule has 6 nitrogen and oxygen atoms in total. The van der Waals surface area contributed by atoms with E-state index in [0.717, 1.165) is 16.7 Å². The first-order valence-electron chi connectivity index (χ1n) is 7.86. The van der Waals surface area contributed by atoms with Crippen LogP contribution in [-0.4, -0.2) is 22.1 Å². The lowest BCUT2D eigenvalue weighted by Crippen LogP contribution is -2.24. The van der Waals surface area contributed by atoms with Crippen LogP contribution in [0.25, 0.3) is 11.0 Å². The van der Waals surface area contributed by atoms with Gasteiger partial charge in [0.1, 0.15) is 0 Å². The van der Waals surface area contributed by atoms with Crippen molar-refractivity contribution in [3.63, 3.8) is 0 Å². The smallest absolute Gasteiger partial charge is 0.326 e. The molecule has 0 saturated heterocycles. The van der Waals surface area contributed by atoms with Gasteiger partial charge >= 0.3 is 5.69 Å². The predicted molar refractivity (Wildman–Crippen MR) is 98.6 cm³/mol.